The molecule has 123 heavy (non-hydrogen) atoms. The van der Waals surface area contributed by atoms with Gasteiger partial charge in [-0.1, -0.05) is 170 Å². The Hall–Kier alpha value is -13.0. The number of nitrogens with zero attached hydrogens (tertiary/aromatic N) is 9. The molecule has 4 atom stereocenters. The van der Waals surface area contributed by atoms with Gasteiger partial charge in [-0.05, 0) is 128 Å². The number of aromatic nitrogens is 6. The second-order valence-corrected chi connectivity index (χ2v) is 30.0. The van der Waals surface area contributed by atoms with Gasteiger partial charge in [-0.2, -0.15) is 15.3 Å². The first-order valence-corrected chi connectivity index (χ1v) is 41.0. The first kappa shape index (κ1) is 97.1. The van der Waals surface area contributed by atoms with Crippen molar-refractivity contribution in [2.24, 2.45) is 17.8 Å². The molecule has 0 spiro atoms. The zero-order valence-corrected chi connectivity index (χ0v) is 74.0. The number of hydrogen-bond donors (Lipinski definition) is 3. The maximum atomic E-state index is 13.7. The van der Waals surface area contributed by atoms with Crippen LogP contribution < -0.4 is 44.4 Å². The molecule has 3 heterocycles. The number of amides is 6. The minimum absolute atomic E-state index is 0.150. The summed E-state index contributed by atoms with van der Waals surface area (Å²) >= 11 is 0. The number of nitrogens with one attached hydrogen (secondary N) is 3. The number of carbonyl (C=O) groups excluding carboxylic acids is 9. The molecule has 0 aliphatic heterocycles. The summed E-state index contributed by atoms with van der Waals surface area (Å²) in [5.74, 6) is 0.0438. The van der Waals surface area contributed by atoms with Crippen molar-refractivity contribution in [3.8, 4) is 68.3 Å². The molecule has 6 amide bonds. The lowest BCUT2D eigenvalue weighted by Gasteiger charge is -2.23. The first-order valence-electron chi connectivity index (χ1n) is 41.0. The van der Waals surface area contributed by atoms with Crippen molar-refractivity contribution in [3.05, 3.63) is 198 Å². The third kappa shape index (κ3) is 27.8. The van der Waals surface area contributed by atoms with Crippen LogP contribution in [0.25, 0.3) is 33.8 Å². The number of likely N-dealkylation sites (N-methyl/N-ethyl adjacent to an activating group) is 3. The number of hydrogen-bond acceptors (Lipinski definition) is 21. The molecule has 30 heteroatoms. The summed E-state index contributed by atoms with van der Waals surface area (Å²) in [6.45, 7) is 13.6. The molecule has 0 aliphatic carbocycles. The molecule has 9 aromatic rings. The third-order valence-corrected chi connectivity index (χ3v) is 20.8. The first-order chi connectivity index (χ1) is 59.1. The summed E-state index contributed by atoms with van der Waals surface area (Å²) in [6, 6.07) is 47.9. The molecule has 30 nitrogen and oxygen atoms in total. The zero-order chi connectivity index (χ0) is 89.8. The van der Waals surface area contributed by atoms with Gasteiger partial charge in [-0.15, -0.1) is 0 Å². The summed E-state index contributed by atoms with van der Waals surface area (Å²) in [6.07, 6.45) is 5.47. The summed E-state index contributed by atoms with van der Waals surface area (Å²) in [5, 5.41) is 22.6. The smallest absolute Gasteiger partial charge is 0.325 e. The Labute approximate surface area is 721 Å². The lowest BCUT2D eigenvalue weighted by molar-refractivity contribution is -0.146. The molecule has 9 rings (SSSR count). The summed E-state index contributed by atoms with van der Waals surface area (Å²) in [4.78, 5) is 120. The molecule has 6 aromatic carbocycles. The van der Waals surface area contributed by atoms with E-state index >= 15 is 0 Å². The molecule has 0 bridgehead atoms. The Kier molecular flexibility index (Phi) is 38.7. The molecule has 0 radical (unpaired) electrons. The highest BCUT2D eigenvalue weighted by Gasteiger charge is 2.33. The van der Waals surface area contributed by atoms with Gasteiger partial charge in [0.2, 0.25) is 17.7 Å². The highest BCUT2D eigenvalue weighted by atomic mass is 16.5. The molecule has 0 fully saturated rings. The van der Waals surface area contributed by atoms with Crippen molar-refractivity contribution in [1.29, 1.82) is 0 Å². The largest absolute Gasteiger partial charge is 0.496 e. The van der Waals surface area contributed by atoms with Crippen LogP contribution in [-0.2, 0) is 81.9 Å². The standard InChI is InChI=1S/C32H42N4O6.C31H40N4O6.C30H38N4O6/c1-7-22(8-2)20-36-26(30-27(40-4)15-12-16-28(30)41-5)19-25(34-36)31(38)33-24(18-17-23-13-10-9-11-14-23)32(39)35(3)21-29(37)42-6;1-7-21(2)19-35-25(29-26(39-4)14-11-15-27(29)40-5)18-24(33-35)30(37)32-23(17-16-22-12-9-8-10-13-22)31(38)34(3)20-28(36)41-6;1-20(2)18-34-24(28-25(38-4)13-10-14-26(28)39-5)17-23(32-34)29(36)31-22(16-15-21-11-8-7-9-12-21)30(37)33(3)19-27(35)40-6/h9-16,19,22,24H,7-8,17-18,20-21H2,1-6H3,(H,33,38);8-15,18,21,23H,7,16-17,19-20H2,1-6H3,(H,32,37);7-14,17,20,22H,15-16,18-19H2,1-6H3,(H,31,36)/t24-;21?,23-;22-/m000/s1. The molecule has 0 aliphatic rings. The highest BCUT2D eigenvalue weighted by molar-refractivity contribution is 6.00. The molecule has 0 saturated carbocycles. The van der Waals surface area contributed by atoms with E-state index in [1.165, 1.54) is 57.2 Å². The van der Waals surface area contributed by atoms with E-state index in [1.54, 1.807) is 70.2 Å². The molecule has 1 unspecified atom stereocenters. The predicted molar refractivity (Wildman–Crippen MR) is 468 cm³/mol. The van der Waals surface area contributed by atoms with E-state index < -0.39 is 71.5 Å². The van der Waals surface area contributed by atoms with E-state index in [1.807, 2.05) is 150 Å². The van der Waals surface area contributed by atoms with Gasteiger partial charge in [0, 0.05) is 40.8 Å². The van der Waals surface area contributed by atoms with Gasteiger partial charge < -0.3 is 73.3 Å². The normalized spacial score (nSPS) is 11.8. The number of carbonyl (C=O) groups is 9. The second-order valence-electron chi connectivity index (χ2n) is 30.0. The van der Waals surface area contributed by atoms with Gasteiger partial charge in [0.1, 0.15) is 72.3 Å². The maximum Gasteiger partial charge on any atom is 0.325 e. The number of benzene rings is 6. The highest BCUT2D eigenvalue weighted by Crippen LogP contribution is 2.42. The van der Waals surface area contributed by atoms with Crippen LogP contribution in [0.3, 0.4) is 0 Å². The van der Waals surface area contributed by atoms with Crippen LogP contribution in [-0.4, -0.2) is 220 Å². The van der Waals surface area contributed by atoms with Gasteiger partial charge in [-0.3, -0.25) is 57.2 Å². The fourth-order valence-corrected chi connectivity index (χ4v) is 13.6. The van der Waals surface area contributed by atoms with Crippen LogP contribution in [0.4, 0.5) is 0 Å². The van der Waals surface area contributed by atoms with Crippen LogP contribution in [0.2, 0.25) is 0 Å². The van der Waals surface area contributed by atoms with E-state index in [-0.39, 0.29) is 48.6 Å². The van der Waals surface area contributed by atoms with E-state index in [0.29, 0.717) is 132 Å². The van der Waals surface area contributed by atoms with Crippen molar-refractivity contribution in [1.82, 2.24) is 60.0 Å². The van der Waals surface area contributed by atoms with Gasteiger partial charge in [-0.25, -0.2) is 0 Å². The van der Waals surface area contributed by atoms with Gasteiger partial charge in [0.15, 0.2) is 17.1 Å². The predicted octanol–water partition coefficient (Wildman–Crippen LogP) is 11.9. The van der Waals surface area contributed by atoms with Gasteiger partial charge in [0.25, 0.3) is 17.7 Å². The van der Waals surface area contributed by atoms with E-state index in [9.17, 15) is 43.2 Å². The Balaban J connectivity index is 0.000000254. The quantitative estimate of drug-likeness (QED) is 0.0236. The zero-order valence-electron chi connectivity index (χ0n) is 74.0. The Morgan fingerprint density at radius 1 is 0.350 bits per heavy atom. The fraction of sp³-hybridized carbons (Fsp3) is 0.419. The minimum atomic E-state index is -0.888. The second kappa shape index (κ2) is 49.0. The number of methoxy groups -OCH3 is 9. The van der Waals surface area contributed by atoms with Crippen LogP contribution in [0.1, 0.15) is 128 Å². The average Bonchev–Trinajstić information content (AvgIpc) is 1.67. The van der Waals surface area contributed by atoms with Gasteiger partial charge in [0.05, 0.1) is 97.8 Å². The summed E-state index contributed by atoms with van der Waals surface area (Å²) < 4.78 is 53.3. The van der Waals surface area contributed by atoms with Crippen LogP contribution in [0, 0.1) is 17.8 Å². The Bertz CT molecular complexity index is 4860. The van der Waals surface area contributed by atoms with E-state index in [2.05, 4.69) is 67.7 Å². The Morgan fingerprint density at radius 3 is 0.846 bits per heavy atom. The Morgan fingerprint density at radius 2 is 0.610 bits per heavy atom. The lowest BCUT2D eigenvalue weighted by Crippen LogP contribution is -2.49. The molecule has 3 aromatic heterocycles. The lowest BCUT2D eigenvalue weighted by atomic mass is 10.0. The summed E-state index contributed by atoms with van der Waals surface area (Å²) in [5.41, 5.74) is 7.60. The molecule has 660 valence electrons. The van der Waals surface area contributed by atoms with E-state index in [0.717, 1.165) is 36.0 Å². The number of aryl methyl sites for hydroxylation is 3. The molecule has 0 saturated heterocycles. The topological polar surface area (TPSA) is 336 Å². The monoisotopic (exact) mass is 1690 g/mol. The van der Waals surface area contributed by atoms with Crippen LogP contribution in [0.5, 0.6) is 34.5 Å². The van der Waals surface area contributed by atoms with E-state index in [4.69, 9.17) is 47.7 Å². The van der Waals surface area contributed by atoms with Crippen LogP contribution in [0.15, 0.2) is 164 Å². The number of rotatable bonds is 42. The van der Waals surface area contributed by atoms with Crippen molar-refractivity contribution < 1.29 is 85.8 Å². The molecular weight excluding hydrogens is 1570 g/mol. The van der Waals surface area contributed by atoms with Gasteiger partial charge >= 0.3 is 17.9 Å². The van der Waals surface area contributed by atoms with Crippen molar-refractivity contribution in [2.45, 2.75) is 137 Å². The number of esters is 3. The fourth-order valence-electron chi connectivity index (χ4n) is 13.6. The number of ether oxygens (including phenoxy) is 9. The van der Waals surface area contributed by atoms with Crippen molar-refractivity contribution in [2.75, 3.05) is 105 Å². The summed E-state index contributed by atoms with van der Waals surface area (Å²) in [7, 11) is 17.8. The van der Waals surface area contributed by atoms with Crippen LogP contribution >= 0.6 is 0 Å². The molecule has 3 N–H and O–H groups in total. The van der Waals surface area contributed by atoms with Crippen molar-refractivity contribution in [3.63, 3.8) is 0 Å². The SMILES string of the molecule is CCC(C)Cn1nc(C(=O)N[C@@H](CCc2ccccc2)C(=O)N(C)CC(=O)OC)cc1-c1c(OC)cccc1OC.CCC(CC)Cn1nc(C(=O)N[C@@H](CCc2ccccc2)C(=O)N(C)CC(=O)OC)cc1-c1c(OC)cccc1OC.COC(=O)CN(C)C(=O)[C@H](CCc1ccccc1)NC(=O)c1cc(-c2c(OC)cccc2OC)n(CC(C)C)n1. The maximum absolute atomic E-state index is 13.7. The molecular formula is C93H120N12O18. The third-order valence-electron chi connectivity index (χ3n) is 20.8. The van der Waals surface area contributed by atoms with Crippen molar-refractivity contribution >= 4 is 53.4 Å². The average molecular weight is 1690 g/mol. The minimum Gasteiger partial charge on any atom is -0.496 e.